The molecule has 0 aliphatic rings. The number of hydrogen-bond donors (Lipinski definition) is 2. The molecule has 12 heteroatoms. The minimum absolute atomic E-state index is 0.0448. The van der Waals surface area contributed by atoms with Gasteiger partial charge in [0.25, 0.3) is 0 Å². The van der Waals surface area contributed by atoms with E-state index in [0.29, 0.717) is 28.0 Å². The van der Waals surface area contributed by atoms with Crippen molar-refractivity contribution in [3.8, 4) is 11.5 Å². The Labute approximate surface area is 207 Å². The topological polar surface area (TPSA) is 126 Å². The zero-order valence-electron chi connectivity index (χ0n) is 19.1. The van der Waals surface area contributed by atoms with E-state index in [2.05, 4.69) is 10.4 Å². The number of anilines is 2. The average molecular weight is 525 g/mol. The van der Waals surface area contributed by atoms with Crippen LogP contribution in [0, 0.1) is 6.92 Å². The summed E-state index contributed by atoms with van der Waals surface area (Å²) in [5.74, 6) is 0.893. The fourth-order valence-corrected chi connectivity index (χ4v) is 5.87. The molecule has 1 amide bonds. The van der Waals surface area contributed by atoms with Crippen molar-refractivity contribution >= 4 is 50.6 Å². The molecule has 9 nitrogen and oxygen atoms in total. The van der Waals surface area contributed by atoms with E-state index in [0.717, 1.165) is 5.56 Å². The molecule has 0 aliphatic carbocycles. The molecule has 182 valence electrons. The number of aromatic nitrogens is 2. The standard InChI is InChI=1S/C22H25ClN4O5S2/c1-5-33-22-20(34(29,30)15-8-6-14(31-3)7-9-15)21(24)27(26-22)12-19(28)25-17-10-13(2)16(23)11-18(17)32-4/h6-11H,5,12,24H2,1-4H3,(H,25,28). The third-order valence-corrected chi connectivity index (χ3v) is 8.10. The van der Waals surface area contributed by atoms with Gasteiger partial charge in [0.15, 0.2) is 0 Å². The molecule has 1 aromatic heterocycles. The van der Waals surface area contributed by atoms with Crippen LogP contribution in [0.15, 0.2) is 51.2 Å². The Morgan fingerprint density at radius 2 is 1.88 bits per heavy atom. The predicted octanol–water partition coefficient (Wildman–Crippen LogP) is 4.03. The smallest absolute Gasteiger partial charge is 0.246 e. The fourth-order valence-electron chi connectivity index (χ4n) is 3.17. The number of nitrogens with one attached hydrogen (secondary N) is 1. The zero-order chi connectivity index (χ0) is 25.0. The van der Waals surface area contributed by atoms with Gasteiger partial charge in [-0.1, -0.05) is 18.5 Å². The van der Waals surface area contributed by atoms with Gasteiger partial charge < -0.3 is 20.5 Å². The van der Waals surface area contributed by atoms with Crippen LogP contribution < -0.4 is 20.5 Å². The van der Waals surface area contributed by atoms with Crippen molar-refractivity contribution in [2.75, 3.05) is 31.0 Å². The van der Waals surface area contributed by atoms with Crippen LogP contribution in [0.3, 0.4) is 0 Å². The van der Waals surface area contributed by atoms with E-state index in [1.165, 1.54) is 42.8 Å². The number of aryl methyl sites for hydroxylation is 1. The SMILES string of the molecule is CCSc1nn(CC(=O)Nc2cc(C)c(Cl)cc2OC)c(N)c1S(=O)(=O)c1ccc(OC)cc1. The molecule has 0 atom stereocenters. The van der Waals surface area contributed by atoms with Crippen LogP contribution in [0.5, 0.6) is 11.5 Å². The Hall–Kier alpha value is -2.89. The van der Waals surface area contributed by atoms with Gasteiger partial charge in [-0.25, -0.2) is 13.1 Å². The monoisotopic (exact) mass is 524 g/mol. The summed E-state index contributed by atoms with van der Waals surface area (Å²) in [6.45, 7) is 3.37. The van der Waals surface area contributed by atoms with Crippen molar-refractivity contribution in [1.82, 2.24) is 9.78 Å². The van der Waals surface area contributed by atoms with Crippen LogP contribution in [0.2, 0.25) is 5.02 Å². The molecule has 1 heterocycles. The first-order chi connectivity index (χ1) is 16.1. The maximum Gasteiger partial charge on any atom is 0.246 e. The van der Waals surface area contributed by atoms with Gasteiger partial charge in [-0.15, -0.1) is 11.8 Å². The van der Waals surface area contributed by atoms with Crippen molar-refractivity contribution in [3.05, 3.63) is 47.0 Å². The summed E-state index contributed by atoms with van der Waals surface area (Å²) >= 11 is 7.35. The molecule has 0 saturated carbocycles. The van der Waals surface area contributed by atoms with E-state index < -0.39 is 15.7 Å². The molecule has 0 saturated heterocycles. The van der Waals surface area contributed by atoms with Gasteiger partial charge in [0.2, 0.25) is 15.7 Å². The van der Waals surface area contributed by atoms with E-state index in [1.54, 1.807) is 31.2 Å². The number of carbonyl (C=O) groups is 1. The minimum atomic E-state index is -3.99. The maximum absolute atomic E-state index is 13.4. The van der Waals surface area contributed by atoms with Crippen molar-refractivity contribution in [2.24, 2.45) is 0 Å². The van der Waals surface area contributed by atoms with Crippen LogP contribution in [0.1, 0.15) is 12.5 Å². The molecular weight excluding hydrogens is 500 g/mol. The Morgan fingerprint density at radius 1 is 1.21 bits per heavy atom. The highest BCUT2D eigenvalue weighted by molar-refractivity contribution is 8.00. The van der Waals surface area contributed by atoms with Gasteiger partial charge in [0.1, 0.15) is 33.8 Å². The second-order valence-electron chi connectivity index (χ2n) is 7.14. The summed E-state index contributed by atoms with van der Waals surface area (Å²) in [5.41, 5.74) is 7.40. The highest BCUT2D eigenvalue weighted by Crippen LogP contribution is 2.35. The maximum atomic E-state index is 13.4. The van der Waals surface area contributed by atoms with Crippen molar-refractivity contribution in [1.29, 1.82) is 0 Å². The molecule has 0 fully saturated rings. The molecule has 3 N–H and O–H groups in total. The minimum Gasteiger partial charge on any atom is -0.497 e. The van der Waals surface area contributed by atoms with Crippen molar-refractivity contribution in [2.45, 2.75) is 35.2 Å². The van der Waals surface area contributed by atoms with E-state index in [-0.39, 0.29) is 27.2 Å². The second kappa shape index (κ2) is 10.6. The number of thioether (sulfide) groups is 1. The average Bonchev–Trinajstić information content (AvgIpc) is 3.11. The molecule has 0 radical (unpaired) electrons. The Bertz CT molecular complexity index is 1310. The first kappa shape index (κ1) is 25.7. The zero-order valence-corrected chi connectivity index (χ0v) is 21.5. The van der Waals surface area contributed by atoms with Crippen LogP contribution in [0.25, 0.3) is 0 Å². The van der Waals surface area contributed by atoms with Gasteiger partial charge in [0, 0.05) is 11.1 Å². The number of hydrogen-bond acceptors (Lipinski definition) is 8. The van der Waals surface area contributed by atoms with Gasteiger partial charge in [-0.3, -0.25) is 4.79 Å². The normalized spacial score (nSPS) is 11.3. The number of sulfone groups is 1. The number of carbonyl (C=O) groups excluding carboxylic acids is 1. The first-order valence-corrected chi connectivity index (χ1v) is 13.0. The number of halogens is 1. The first-order valence-electron chi connectivity index (χ1n) is 10.1. The van der Waals surface area contributed by atoms with Crippen molar-refractivity contribution < 1.29 is 22.7 Å². The number of nitrogens with two attached hydrogens (primary N) is 1. The largest absolute Gasteiger partial charge is 0.497 e. The van der Waals surface area contributed by atoms with Gasteiger partial charge in [0.05, 0.1) is 24.8 Å². The highest BCUT2D eigenvalue weighted by atomic mass is 35.5. The predicted molar refractivity (Wildman–Crippen MR) is 133 cm³/mol. The van der Waals surface area contributed by atoms with Gasteiger partial charge in [-0.05, 0) is 48.6 Å². The van der Waals surface area contributed by atoms with E-state index in [1.807, 2.05) is 6.92 Å². The molecular formula is C22H25ClN4O5S2. The second-order valence-corrected chi connectivity index (χ2v) is 10.7. The highest BCUT2D eigenvalue weighted by Gasteiger charge is 2.30. The third kappa shape index (κ3) is 5.26. The summed E-state index contributed by atoms with van der Waals surface area (Å²) in [6, 6.07) is 9.26. The Kier molecular flexibility index (Phi) is 8.01. The summed E-state index contributed by atoms with van der Waals surface area (Å²) in [7, 11) is -1.03. The van der Waals surface area contributed by atoms with Gasteiger partial charge in [-0.2, -0.15) is 5.10 Å². The lowest BCUT2D eigenvalue weighted by Gasteiger charge is -2.12. The quantitative estimate of drug-likeness (QED) is 0.402. The number of methoxy groups -OCH3 is 2. The molecule has 3 aromatic rings. The Morgan fingerprint density at radius 3 is 2.47 bits per heavy atom. The van der Waals surface area contributed by atoms with Crippen LogP contribution in [-0.2, 0) is 21.2 Å². The van der Waals surface area contributed by atoms with Crippen LogP contribution >= 0.6 is 23.4 Å². The summed E-state index contributed by atoms with van der Waals surface area (Å²) in [4.78, 5) is 12.7. The van der Waals surface area contributed by atoms with E-state index in [9.17, 15) is 13.2 Å². The lowest BCUT2D eigenvalue weighted by atomic mass is 10.2. The Balaban J connectivity index is 1.94. The fraction of sp³-hybridized carbons (Fsp3) is 0.273. The lowest BCUT2D eigenvalue weighted by Crippen LogP contribution is -2.21. The number of ether oxygens (including phenoxy) is 2. The molecule has 0 bridgehead atoms. The third-order valence-electron chi connectivity index (χ3n) is 4.88. The van der Waals surface area contributed by atoms with E-state index >= 15 is 0 Å². The molecule has 0 unspecified atom stereocenters. The van der Waals surface area contributed by atoms with E-state index in [4.69, 9.17) is 26.8 Å². The summed E-state index contributed by atoms with van der Waals surface area (Å²) in [6.07, 6.45) is 0. The molecule has 0 aliphatic heterocycles. The van der Waals surface area contributed by atoms with Crippen molar-refractivity contribution in [3.63, 3.8) is 0 Å². The number of benzene rings is 2. The number of rotatable bonds is 9. The number of amides is 1. The molecule has 3 rings (SSSR count). The van der Waals surface area contributed by atoms with Crippen LogP contribution in [-0.4, -0.2) is 44.1 Å². The molecule has 0 spiro atoms. The lowest BCUT2D eigenvalue weighted by molar-refractivity contribution is -0.116. The number of nitrogens with zero attached hydrogens (tertiary/aromatic N) is 2. The van der Waals surface area contributed by atoms with Crippen LogP contribution in [0.4, 0.5) is 11.5 Å². The number of nitrogen functional groups attached to an aromatic ring is 1. The van der Waals surface area contributed by atoms with Gasteiger partial charge >= 0.3 is 0 Å². The summed E-state index contributed by atoms with van der Waals surface area (Å²) in [5, 5.41) is 7.78. The summed E-state index contributed by atoms with van der Waals surface area (Å²) < 4.78 is 38.3. The molecule has 34 heavy (non-hydrogen) atoms. The molecule has 2 aromatic carbocycles.